The summed E-state index contributed by atoms with van der Waals surface area (Å²) in [7, 11) is -1.04. The Labute approximate surface area is 212 Å². The molecule has 3 aromatic carbocycles. The van der Waals surface area contributed by atoms with Crippen molar-refractivity contribution in [2.24, 2.45) is 10.2 Å². The average Bonchev–Trinajstić information content (AvgIpc) is 3.32. The van der Waals surface area contributed by atoms with Crippen LogP contribution in [0, 0.1) is 10.1 Å². The summed E-state index contributed by atoms with van der Waals surface area (Å²) in [6.45, 7) is 0. The van der Waals surface area contributed by atoms with E-state index in [-0.39, 0.29) is 10.6 Å². The van der Waals surface area contributed by atoms with Crippen LogP contribution < -0.4 is 20.0 Å². The fourth-order valence-corrected chi connectivity index (χ4v) is 4.04. The van der Waals surface area contributed by atoms with Crippen LogP contribution in [-0.4, -0.2) is 43.6 Å². The van der Waals surface area contributed by atoms with Gasteiger partial charge in [0.25, 0.3) is 5.69 Å². The SMILES string of the molecule is COc1ccc(-c2nn(-c3ccccc3)cc2/C=N\Nc2ccc(S(N)(=O)=O)cc2[N+](=O)[O-])cc1OC. The molecule has 0 radical (unpaired) electrons. The predicted molar refractivity (Wildman–Crippen MR) is 138 cm³/mol. The van der Waals surface area contributed by atoms with Crippen molar-refractivity contribution in [3.8, 4) is 28.4 Å². The number of methoxy groups -OCH3 is 2. The molecular formula is C24H22N6O6S. The first kappa shape index (κ1) is 25.3. The molecule has 190 valence electrons. The van der Waals surface area contributed by atoms with Gasteiger partial charge in [-0.1, -0.05) is 18.2 Å². The zero-order valence-electron chi connectivity index (χ0n) is 19.7. The van der Waals surface area contributed by atoms with Crippen LogP contribution in [0.15, 0.2) is 82.9 Å². The lowest BCUT2D eigenvalue weighted by atomic mass is 10.1. The molecule has 0 aliphatic carbocycles. The number of hydrogen-bond donors (Lipinski definition) is 2. The summed E-state index contributed by atoms with van der Waals surface area (Å²) in [6.07, 6.45) is 3.21. The van der Waals surface area contributed by atoms with Gasteiger partial charge in [0.2, 0.25) is 10.0 Å². The van der Waals surface area contributed by atoms with Crippen molar-refractivity contribution >= 4 is 27.6 Å². The topological polar surface area (TPSA) is 164 Å². The van der Waals surface area contributed by atoms with Crippen LogP contribution in [0.4, 0.5) is 11.4 Å². The summed E-state index contributed by atoms with van der Waals surface area (Å²) in [5.74, 6) is 1.07. The number of nitrogens with two attached hydrogens (primary N) is 1. The summed E-state index contributed by atoms with van der Waals surface area (Å²) in [5.41, 5.74) is 4.77. The second kappa shape index (κ2) is 10.5. The van der Waals surface area contributed by atoms with Crippen LogP contribution >= 0.6 is 0 Å². The van der Waals surface area contributed by atoms with Gasteiger partial charge >= 0.3 is 0 Å². The van der Waals surface area contributed by atoms with E-state index in [1.165, 1.54) is 19.4 Å². The highest BCUT2D eigenvalue weighted by molar-refractivity contribution is 7.89. The molecule has 1 aromatic heterocycles. The Hall–Kier alpha value is -4.75. The molecule has 0 amide bonds. The lowest BCUT2D eigenvalue weighted by Gasteiger charge is -2.09. The van der Waals surface area contributed by atoms with Gasteiger partial charge in [-0.25, -0.2) is 18.2 Å². The highest BCUT2D eigenvalue weighted by atomic mass is 32.2. The lowest BCUT2D eigenvalue weighted by molar-refractivity contribution is -0.384. The van der Waals surface area contributed by atoms with E-state index in [4.69, 9.17) is 19.7 Å². The van der Waals surface area contributed by atoms with E-state index in [1.54, 1.807) is 30.1 Å². The molecule has 12 nitrogen and oxygen atoms in total. The average molecular weight is 523 g/mol. The number of nitrogens with one attached hydrogen (secondary N) is 1. The highest BCUT2D eigenvalue weighted by Gasteiger charge is 2.19. The maximum Gasteiger partial charge on any atom is 0.295 e. The molecule has 4 rings (SSSR count). The number of primary sulfonamides is 1. The first-order valence-electron chi connectivity index (χ1n) is 10.7. The van der Waals surface area contributed by atoms with E-state index < -0.39 is 20.6 Å². The third kappa shape index (κ3) is 5.58. The predicted octanol–water partition coefficient (Wildman–Crippen LogP) is 3.56. The summed E-state index contributed by atoms with van der Waals surface area (Å²) in [5, 5.41) is 25.4. The van der Waals surface area contributed by atoms with Gasteiger partial charge in [0.05, 0.1) is 35.9 Å². The number of benzene rings is 3. The van der Waals surface area contributed by atoms with Crippen molar-refractivity contribution in [3.05, 3.63) is 88.6 Å². The van der Waals surface area contributed by atoms with Crippen molar-refractivity contribution in [1.29, 1.82) is 0 Å². The zero-order chi connectivity index (χ0) is 26.6. The van der Waals surface area contributed by atoms with Gasteiger partial charge in [0, 0.05) is 23.4 Å². The standard InChI is InChI=1S/C24H22N6O6S/c1-35-22-11-8-16(12-23(22)36-2)24-17(15-29(28-24)18-6-4-3-5-7-18)14-26-27-20-10-9-19(37(25,33)34)13-21(20)30(31)32/h3-15,27H,1-2H3,(H2,25,33,34)/b26-14-. The Morgan fingerprint density at radius 2 is 1.78 bits per heavy atom. The van der Waals surface area contributed by atoms with Crippen LogP contribution in [0.25, 0.3) is 16.9 Å². The smallest absolute Gasteiger partial charge is 0.295 e. The van der Waals surface area contributed by atoms with E-state index in [1.807, 2.05) is 36.4 Å². The van der Waals surface area contributed by atoms with E-state index in [0.717, 1.165) is 23.4 Å². The molecule has 0 bridgehead atoms. The van der Waals surface area contributed by atoms with Crippen molar-refractivity contribution < 1.29 is 22.8 Å². The molecule has 0 saturated heterocycles. The molecule has 37 heavy (non-hydrogen) atoms. The maximum atomic E-state index is 11.6. The number of nitro benzene ring substituents is 1. The Morgan fingerprint density at radius 3 is 2.43 bits per heavy atom. The fourth-order valence-electron chi connectivity index (χ4n) is 3.51. The summed E-state index contributed by atoms with van der Waals surface area (Å²) in [4.78, 5) is 10.4. The maximum absolute atomic E-state index is 11.6. The molecule has 0 fully saturated rings. The molecule has 3 N–H and O–H groups in total. The summed E-state index contributed by atoms with van der Waals surface area (Å²) in [6, 6.07) is 18.0. The third-order valence-electron chi connectivity index (χ3n) is 5.30. The number of sulfonamides is 1. The first-order chi connectivity index (χ1) is 17.7. The van der Waals surface area contributed by atoms with E-state index in [0.29, 0.717) is 22.8 Å². The van der Waals surface area contributed by atoms with Crippen LogP contribution in [0.5, 0.6) is 11.5 Å². The molecule has 0 atom stereocenters. The van der Waals surface area contributed by atoms with Gasteiger partial charge in [-0.2, -0.15) is 10.2 Å². The molecule has 0 saturated carbocycles. The zero-order valence-corrected chi connectivity index (χ0v) is 20.5. The van der Waals surface area contributed by atoms with Gasteiger partial charge in [-0.05, 0) is 42.5 Å². The van der Waals surface area contributed by atoms with Crippen LogP contribution in [0.1, 0.15) is 5.56 Å². The van der Waals surface area contributed by atoms with Gasteiger partial charge in [-0.15, -0.1) is 0 Å². The molecule has 0 aliphatic heterocycles. The normalized spacial score (nSPS) is 11.4. The monoisotopic (exact) mass is 522 g/mol. The molecule has 0 aliphatic rings. The second-order valence-corrected chi connectivity index (χ2v) is 9.20. The van der Waals surface area contributed by atoms with Crippen LogP contribution in [0.3, 0.4) is 0 Å². The van der Waals surface area contributed by atoms with Gasteiger partial charge in [0.1, 0.15) is 11.4 Å². The van der Waals surface area contributed by atoms with Crippen LogP contribution in [0.2, 0.25) is 0 Å². The quantitative estimate of drug-likeness (QED) is 0.191. The number of ether oxygens (including phenoxy) is 2. The van der Waals surface area contributed by atoms with Crippen LogP contribution in [-0.2, 0) is 10.0 Å². The largest absolute Gasteiger partial charge is 0.493 e. The third-order valence-corrected chi connectivity index (χ3v) is 6.21. The fraction of sp³-hybridized carbons (Fsp3) is 0.0833. The van der Waals surface area contributed by atoms with Gasteiger partial charge in [0.15, 0.2) is 11.5 Å². The number of hydrazone groups is 1. The minimum Gasteiger partial charge on any atom is -0.493 e. The molecule has 1 heterocycles. The number of anilines is 1. The Kier molecular flexibility index (Phi) is 7.18. The Morgan fingerprint density at radius 1 is 1.05 bits per heavy atom. The molecule has 4 aromatic rings. The van der Waals surface area contributed by atoms with Crippen molar-refractivity contribution in [2.45, 2.75) is 4.90 Å². The summed E-state index contributed by atoms with van der Waals surface area (Å²) < 4.78 is 35.6. The number of rotatable bonds is 9. The molecule has 13 heteroatoms. The minimum atomic E-state index is -4.11. The number of aromatic nitrogens is 2. The van der Waals surface area contributed by atoms with Crippen molar-refractivity contribution in [3.63, 3.8) is 0 Å². The lowest BCUT2D eigenvalue weighted by Crippen LogP contribution is -2.12. The Balaban J connectivity index is 1.73. The van der Waals surface area contributed by atoms with Crippen molar-refractivity contribution in [2.75, 3.05) is 19.6 Å². The highest BCUT2D eigenvalue weighted by Crippen LogP contribution is 2.33. The number of nitrogens with zero attached hydrogens (tertiary/aromatic N) is 4. The van der Waals surface area contributed by atoms with Crippen molar-refractivity contribution in [1.82, 2.24) is 9.78 Å². The van der Waals surface area contributed by atoms with E-state index >= 15 is 0 Å². The molecule has 0 unspecified atom stereocenters. The van der Waals surface area contributed by atoms with E-state index in [2.05, 4.69) is 10.5 Å². The molecular weight excluding hydrogens is 500 g/mol. The number of hydrogen-bond acceptors (Lipinski definition) is 9. The Bertz CT molecular complexity index is 1580. The van der Waals surface area contributed by atoms with Gasteiger partial charge < -0.3 is 9.47 Å². The number of para-hydroxylation sites is 1. The van der Waals surface area contributed by atoms with E-state index in [9.17, 15) is 18.5 Å². The summed E-state index contributed by atoms with van der Waals surface area (Å²) >= 11 is 0. The van der Waals surface area contributed by atoms with Gasteiger partial charge in [-0.3, -0.25) is 15.5 Å². The first-order valence-corrected chi connectivity index (χ1v) is 12.2. The number of nitro groups is 1. The molecule has 0 spiro atoms. The minimum absolute atomic E-state index is 0.0169. The second-order valence-electron chi connectivity index (χ2n) is 7.63.